The lowest BCUT2D eigenvalue weighted by atomic mass is 9.96. The maximum atomic E-state index is 13.7. The Kier molecular flexibility index (Phi) is 4.46. The highest BCUT2D eigenvalue weighted by Gasteiger charge is 2.60. The van der Waals surface area contributed by atoms with Crippen molar-refractivity contribution < 1.29 is 26.5 Å². The van der Waals surface area contributed by atoms with E-state index in [-0.39, 0.29) is 23.3 Å². The summed E-state index contributed by atoms with van der Waals surface area (Å²) in [6, 6.07) is 5.12. The molecule has 2 aromatic heterocycles. The summed E-state index contributed by atoms with van der Waals surface area (Å²) in [5.74, 6) is 0.637. The van der Waals surface area contributed by atoms with Crippen LogP contribution in [0.15, 0.2) is 57.0 Å². The Morgan fingerprint density at radius 3 is 2.68 bits per heavy atom. The molecule has 6 nitrogen and oxygen atoms in total. The summed E-state index contributed by atoms with van der Waals surface area (Å²) in [5, 5.41) is 12.0. The van der Waals surface area contributed by atoms with Crippen molar-refractivity contribution in [2.75, 3.05) is 0 Å². The van der Waals surface area contributed by atoms with Crippen LogP contribution >= 0.6 is 0 Å². The van der Waals surface area contributed by atoms with E-state index in [0.717, 1.165) is 17.2 Å². The molecule has 3 atom stereocenters. The van der Waals surface area contributed by atoms with Crippen LogP contribution in [-0.2, 0) is 11.6 Å². The van der Waals surface area contributed by atoms with Crippen molar-refractivity contribution in [1.29, 1.82) is 0 Å². The molecular weight excluding hydrogens is 452 g/mol. The van der Waals surface area contributed by atoms with Crippen molar-refractivity contribution >= 4 is 11.1 Å². The first-order valence-corrected chi connectivity index (χ1v) is 10.9. The van der Waals surface area contributed by atoms with Gasteiger partial charge in [-0.2, -0.15) is 18.2 Å². The Morgan fingerprint density at radius 1 is 1.12 bits per heavy atom. The second-order valence-corrected chi connectivity index (χ2v) is 8.88. The van der Waals surface area contributed by atoms with Crippen LogP contribution in [0.3, 0.4) is 0 Å². The van der Waals surface area contributed by atoms with Crippen molar-refractivity contribution in [3.63, 3.8) is 0 Å². The van der Waals surface area contributed by atoms with Crippen LogP contribution in [0.2, 0.25) is 0 Å². The smallest absolute Gasteiger partial charge is 0.416 e. The van der Waals surface area contributed by atoms with Gasteiger partial charge >= 0.3 is 6.18 Å². The maximum absolute atomic E-state index is 13.7. The molecule has 0 saturated heterocycles. The van der Waals surface area contributed by atoms with Crippen molar-refractivity contribution in [3.05, 3.63) is 71.2 Å². The molecule has 0 aliphatic heterocycles. The van der Waals surface area contributed by atoms with Gasteiger partial charge in [0, 0.05) is 17.1 Å². The zero-order chi connectivity index (χ0) is 23.7. The van der Waals surface area contributed by atoms with Gasteiger partial charge in [-0.15, -0.1) is 10.2 Å². The van der Waals surface area contributed by atoms with E-state index >= 15 is 0 Å². The van der Waals surface area contributed by atoms with E-state index < -0.39 is 23.3 Å². The number of benzene rings is 1. The molecule has 0 bridgehead atoms. The molecule has 0 radical (unpaired) electrons. The number of allylic oxidation sites excluding steroid dienone is 6. The summed E-state index contributed by atoms with van der Waals surface area (Å²) in [6.07, 6.45) is 1.33. The zero-order valence-electron chi connectivity index (χ0n) is 17.9. The molecule has 1 fully saturated rings. The fraction of sp³-hybridized carbons (Fsp3) is 0.333. The number of hydrogen-bond acceptors (Lipinski definition) is 6. The van der Waals surface area contributed by atoms with Crippen LogP contribution in [0.25, 0.3) is 22.6 Å². The fourth-order valence-electron chi connectivity index (χ4n) is 4.79. The molecule has 1 aromatic carbocycles. The third-order valence-electron chi connectivity index (χ3n) is 6.74. The molecule has 0 N–H and O–H groups in total. The molecule has 2 heterocycles. The van der Waals surface area contributed by atoms with E-state index in [1.807, 2.05) is 0 Å². The third-order valence-corrected chi connectivity index (χ3v) is 6.74. The number of halogens is 4. The van der Waals surface area contributed by atoms with Gasteiger partial charge < -0.3 is 8.94 Å². The molecule has 34 heavy (non-hydrogen) atoms. The average Bonchev–Trinajstić information content (AvgIpc) is 3.23. The van der Waals surface area contributed by atoms with E-state index in [9.17, 15) is 17.6 Å². The SMILES string of the molecule is CC1C=C(c2noc(C34CCC(c5nnc(-c6ccccc6C(F)(F)F)o5)=C3C4)n2)C=CC1F. The molecule has 10 heteroatoms. The maximum Gasteiger partial charge on any atom is 0.417 e. The summed E-state index contributed by atoms with van der Waals surface area (Å²) in [5.41, 5.74) is 1.15. The van der Waals surface area contributed by atoms with Crippen LogP contribution in [0, 0.1) is 5.92 Å². The number of nitrogens with zero attached hydrogens (tertiary/aromatic N) is 4. The minimum Gasteiger partial charge on any atom is -0.416 e. The van der Waals surface area contributed by atoms with Gasteiger partial charge in [-0.1, -0.05) is 36.4 Å². The minimum atomic E-state index is -4.53. The van der Waals surface area contributed by atoms with Crippen molar-refractivity contribution in [2.45, 2.75) is 43.9 Å². The second-order valence-electron chi connectivity index (χ2n) is 8.88. The summed E-state index contributed by atoms with van der Waals surface area (Å²) >= 11 is 0. The van der Waals surface area contributed by atoms with E-state index in [1.165, 1.54) is 24.3 Å². The molecule has 6 rings (SSSR count). The highest BCUT2D eigenvalue weighted by Crippen LogP contribution is 2.65. The topological polar surface area (TPSA) is 77.8 Å². The highest BCUT2D eigenvalue weighted by molar-refractivity contribution is 5.77. The highest BCUT2D eigenvalue weighted by atomic mass is 19.4. The Morgan fingerprint density at radius 2 is 1.91 bits per heavy atom. The van der Waals surface area contributed by atoms with Crippen LogP contribution in [0.1, 0.15) is 49.4 Å². The molecule has 3 aliphatic rings. The molecular formula is C24H18F4N4O2. The molecule has 174 valence electrons. The van der Waals surface area contributed by atoms with Crippen LogP contribution in [0.5, 0.6) is 0 Å². The van der Waals surface area contributed by atoms with Crippen molar-refractivity contribution in [2.24, 2.45) is 5.92 Å². The number of alkyl halides is 4. The summed E-state index contributed by atoms with van der Waals surface area (Å²) < 4.78 is 65.1. The van der Waals surface area contributed by atoms with Gasteiger partial charge in [0.2, 0.25) is 23.5 Å². The zero-order valence-corrected chi connectivity index (χ0v) is 17.9. The van der Waals surface area contributed by atoms with Gasteiger partial charge in [-0.05, 0) is 43.0 Å². The average molecular weight is 470 g/mol. The van der Waals surface area contributed by atoms with E-state index in [2.05, 4.69) is 20.3 Å². The number of hydrogen-bond donors (Lipinski definition) is 0. The largest absolute Gasteiger partial charge is 0.417 e. The first-order chi connectivity index (χ1) is 16.3. The normalized spacial score (nSPS) is 26.1. The quantitative estimate of drug-likeness (QED) is 0.438. The van der Waals surface area contributed by atoms with Crippen LogP contribution < -0.4 is 0 Å². The first-order valence-electron chi connectivity index (χ1n) is 10.9. The van der Waals surface area contributed by atoms with Crippen molar-refractivity contribution in [1.82, 2.24) is 20.3 Å². The molecule has 1 saturated carbocycles. The Hall–Kier alpha value is -3.56. The van der Waals surface area contributed by atoms with Gasteiger partial charge in [-0.3, -0.25) is 0 Å². The Balaban J connectivity index is 1.29. The van der Waals surface area contributed by atoms with Crippen LogP contribution in [-0.4, -0.2) is 26.5 Å². The first kappa shape index (κ1) is 21.0. The van der Waals surface area contributed by atoms with Crippen molar-refractivity contribution in [3.8, 4) is 11.5 Å². The van der Waals surface area contributed by atoms with Gasteiger partial charge in [0.05, 0.1) is 16.5 Å². The lowest BCUT2D eigenvalue weighted by Gasteiger charge is -2.14. The Bertz CT molecular complexity index is 1380. The lowest BCUT2D eigenvalue weighted by molar-refractivity contribution is -0.137. The molecule has 3 aromatic rings. The predicted molar refractivity (Wildman–Crippen MR) is 113 cm³/mol. The van der Waals surface area contributed by atoms with Gasteiger partial charge in [0.25, 0.3) is 0 Å². The fourth-order valence-corrected chi connectivity index (χ4v) is 4.79. The number of rotatable bonds is 4. The lowest BCUT2D eigenvalue weighted by Crippen LogP contribution is -2.11. The molecule has 3 aliphatic carbocycles. The number of aromatic nitrogens is 4. The molecule has 0 amide bonds. The van der Waals surface area contributed by atoms with Gasteiger partial charge in [0.1, 0.15) is 6.17 Å². The molecule has 0 spiro atoms. The summed E-state index contributed by atoms with van der Waals surface area (Å²) in [6.45, 7) is 1.78. The van der Waals surface area contributed by atoms with E-state index in [0.29, 0.717) is 36.6 Å². The van der Waals surface area contributed by atoms with Crippen LogP contribution in [0.4, 0.5) is 17.6 Å². The minimum absolute atomic E-state index is 0.153. The van der Waals surface area contributed by atoms with E-state index in [4.69, 9.17) is 8.94 Å². The van der Waals surface area contributed by atoms with Gasteiger partial charge in [0.15, 0.2) is 0 Å². The monoisotopic (exact) mass is 470 g/mol. The number of fused-ring (bicyclic) bond motifs is 1. The van der Waals surface area contributed by atoms with E-state index in [1.54, 1.807) is 19.1 Å². The molecule has 3 unspecified atom stereocenters. The third kappa shape index (κ3) is 3.23. The van der Waals surface area contributed by atoms with Gasteiger partial charge in [-0.25, -0.2) is 4.39 Å². The second kappa shape index (κ2) is 7.22. The predicted octanol–water partition coefficient (Wildman–Crippen LogP) is 5.95. The Labute approximate surface area is 191 Å². The standard InChI is InChI=1S/C24H18F4N4O2/c1-12-10-13(6-7-18(12)25)19-29-22(34-32-19)23-9-8-15(17(23)11-23)21-31-30-20(33-21)14-4-2-3-5-16(14)24(26,27)28/h2-7,10,12,18H,8-9,11H2,1H3. The summed E-state index contributed by atoms with van der Waals surface area (Å²) in [7, 11) is 0. The summed E-state index contributed by atoms with van der Waals surface area (Å²) in [4.78, 5) is 4.56.